The van der Waals surface area contributed by atoms with Crippen LogP contribution in [0.4, 0.5) is 5.69 Å². The van der Waals surface area contributed by atoms with Crippen LogP contribution in [0.1, 0.15) is 25.3 Å². The summed E-state index contributed by atoms with van der Waals surface area (Å²) in [4.78, 5) is 2.19. The zero-order chi connectivity index (χ0) is 15.5. The molecule has 3 nitrogen and oxygen atoms in total. The zero-order valence-corrected chi connectivity index (χ0v) is 13.4. The van der Waals surface area contributed by atoms with Crippen molar-refractivity contribution in [2.45, 2.75) is 26.3 Å². The predicted molar refractivity (Wildman–Crippen MR) is 92.2 cm³/mol. The van der Waals surface area contributed by atoms with Crippen LogP contribution in [0.2, 0.25) is 0 Å². The summed E-state index contributed by atoms with van der Waals surface area (Å²) >= 11 is 0. The molecule has 1 rings (SSSR count). The summed E-state index contributed by atoms with van der Waals surface area (Å²) < 4.78 is 5.55. The molecular formula is C18H28N2O. The quantitative estimate of drug-likeness (QED) is 0.495. The Kier molecular flexibility index (Phi) is 8.29. The zero-order valence-electron chi connectivity index (χ0n) is 13.4. The van der Waals surface area contributed by atoms with Gasteiger partial charge in [-0.2, -0.15) is 0 Å². The van der Waals surface area contributed by atoms with Crippen LogP contribution >= 0.6 is 0 Å². The maximum atomic E-state index is 5.55. The molecule has 0 fully saturated rings. The van der Waals surface area contributed by atoms with Crippen LogP contribution in [0.3, 0.4) is 0 Å². The third-order valence-electron chi connectivity index (χ3n) is 3.32. The molecule has 0 unspecified atom stereocenters. The molecule has 116 valence electrons. The molecule has 0 amide bonds. The highest BCUT2D eigenvalue weighted by Crippen LogP contribution is 2.29. The number of unbranched alkanes of at least 4 members (excludes halogenated alkanes) is 1. The lowest BCUT2D eigenvalue weighted by atomic mass is 10.1. The number of hydrogen-bond donors (Lipinski definition) is 1. The molecule has 1 aromatic rings. The Labute approximate surface area is 129 Å². The lowest BCUT2D eigenvalue weighted by molar-refractivity contribution is 0.414. The van der Waals surface area contributed by atoms with E-state index in [-0.39, 0.29) is 0 Å². The Bertz CT molecular complexity index is 433. The van der Waals surface area contributed by atoms with Crippen molar-refractivity contribution in [3.63, 3.8) is 0 Å². The molecule has 0 atom stereocenters. The van der Waals surface area contributed by atoms with Gasteiger partial charge in [0.2, 0.25) is 0 Å². The number of nitrogens with zero attached hydrogens (tertiary/aromatic N) is 1. The van der Waals surface area contributed by atoms with Gasteiger partial charge < -0.3 is 15.0 Å². The van der Waals surface area contributed by atoms with Gasteiger partial charge in [-0.3, -0.25) is 0 Å². The van der Waals surface area contributed by atoms with Crippen molar-refractivity contribution < 1.29 is 4.74 Å². The highest BCUT2D eigenvalue weighted by Gasteiger charge is 2.10. The molecule has 0 aliphatic carbocycles. The topological polar surface area (TPSA) is 24.5 Å². The highest BCUT2D eigenvalue weighted by atomic mass is 16.5. The van der Waals surface area contributed by atoms with Crippen LogP contribution in [0, 0.1) is 0 Å². The van der Waals surface area contributed by atoms with Crippen LogP contribution in [-0.4, -0.2) is 26.7 Å². The Morgan fingerprint density at radius 2 is 1.95 bits per heavy atom. The molecule has 0 saturated carbocycles. The number of benzene rings is 1. The normalized spacial score (nSPS) is 10.2. The van der Waals surface area contributed by atoms with Crippen LogP contribution in [0.5, 0.6) is 5.75 Å². The summed E-state index contributed by atoms with van der Waals surface area (Å²) in [5.41, 5.74) is 2.32. The van der Waals surface area contributed by atoms with Crippen molar-refractivity contribution in [1.82, 2.24) is 5.32 Å². The Balaban J connectivity index is 2.81. The minimum Gasteiger partial charge on any atom is -0.495 e. The minimum absolute atomic E-state index is 0.774. The summed E-state index contributed by atoms with van der Waals surface area (Å²) in [7, 11) is 1.72. The number of nitrogens with one attached hydrogen (secondary N) is 1. The summed E-state index contributed by atoms with van der Waals surface area (Å²) in [6.07, 6.45) is 6.21. The van der Waals surface area contributed by atoms with E-state index in [1.54, 1.807) is 7.11 Å². The van der Waals surface area contributed by atoms with Gasteiger partial charge in [0.15, 0.2) is 0 Å². The second-order valence-electron chi connectivity index (χ2n) is 5.02. The number of methoxy groups -OCH3 is 1. The van der Waals surface area contributed by atoms with Gasteiger partial charge in [-0.25, -0.2) is 0 Å². The first-order valence-electron chi connectivity index (χ1n) is 7.61. The van der Waals surface area contributed by atoms with E-state index in [4.69, 9.17) is 4.74 Å². The second-order valence-corrected chi connectivity index (χ2v) is 5.02. The fourth-order valence-corrected chi connectivity index (χ4v) is 2.21. The third kappa shape index (κ3) is 5.64. The summed E-state index contributed by atoms with van der Waals surface area (Å²) in [6.45, 7) is 13.3. The summed E-state index contributed by atoms with van der Waals surface area (Å²) in [5, 5.41) is 3.45. The van der Waals surface area contributed by atoms with Crippen LogP contribution in [0.25, 0.3) is 0 Å². The first kappa shape index (κ1) is 17.3. The molecule has 0 heterocycles. The molecule has 0 aliphatic rings. The van der Waals surface area contributed by atoms with Crippen molar-refractivity contribution >= 4 is 5.69 Å². The van der Waals surface area contributed by atoms with Gasteiger partial charge in [-0.05, 0) is 30.7 Å². The van der Waals surface area contributed by atoms with Crippen molar-refractivity contribution in [1.29, 1.82) is 0 Å². The molecular weight excluding hydrogens is 260 g/mol. The Morgan fingerprint density at radius 3 is 2.52 bits per heavy atom. The lowest BCUT2D eigenvalue weighted by Crippen LogP contribution is -2.23. The van der Waals surface area contributed by atoms with Gasteiger partial charge in [-0.1, -0.05) is 31.6 Å². The monoisotopic (exact) mass is 288 g/mol. The van der Waals surface area contributed by atoms with Gasteiger partial charge in [0.05, 0.1) is 12.8 Å². The molecule has 0 spiro atoms. The van der Waals surface area contributed by atoms with E-state index in [1.807, 2.05) is 12.2 Å². The van der Waals surface area contributed by atoms with Crippen LogP contribution < -0.4 is 15.0 Å². The van der Waals surface area contributed by atoms with Crippen molar-refractivity contribution in [2.75, 3.05) is 31.6 Å². The van der Waals surface area contributed by atoms with E-state index in [0.29, 0.717) is 0 Å². The molecule has 0 saturated heterocycles. The van der Waals surface area contributed by atoms with Crippen LogP contribution in [0.15, 0.2) is 43.5 Å². The number of anilines is 1. The van der Waals surface area contributed by atoms with E-state index in [0.717, 1.165) is 37.6 Å². The van der Waals surface area contributed by atoms with E-state index < -0.39 is 0 Å². The fourth-order valence-electron chi connectivity index (χ4n) is 2.21. The smallest absolute Gasteiger partial charge is 0.142 e. The largest absolute Gasteiger partial charge is 0.495 e. The number of hydrogen-bond acceptors (Lipinski definition) is 3. The van der Waals surface area contributed by atoms with E-state index in [1.165, 1.54) is 18.4 Å². The van der Waals surface area contributed by atoms with Gasteiger partial charge in [0.25, 0.3) is 0 Å². The number of rotatable bonds is 11. The minimum atomic E-state index is 0.774. The van der Waals surface area contributed by atoms with Crippen molar-refractivity contribution in [3.8, 4) is 5.75 Å². The summed E-state index contributed by atoms with van der Waals surface area (Å²) in [5.74, 6) is 0.897. The molecule has 21 heavy (non-hydrogen) atoms. The standard InChI is InChI=1S/C18H28N2O/c1-5-8-11-19-15-16-9-10-17(18(14-16)21-4)20(12-6-2)13-7-3/h6-7,9-10,14,19H,2-3,5,8,11-13,15H2,1,4H3. The SMILES string of the molecule is C=CCN(CC=C)c1ccc(CNCCCC)cc1OC. The van der Waals surface area contributed by atoms with Crippen molar-refractivity contribution in [2.24, 2.45) is 0 Å². The molecule has 0 bridgehead atoms. The van der Waals surface area contributed by atoms with E-state index >= 15 is 0 Å². The van der Waals surface area contributed by atoms with Crippen molar-refractivity contribution in [3.05, 3.63) is 49.1 Å². The lowest BCUT2D eigenvalue weighted by Gasteiger charge is -2.24. The Hall–Kier alpha value is -1.74. The average Bonchev–Trinajstić information content (AvgIpc) is 2.51. The van der Waals surface area contributed by atoms with Gasteiger partial charge in [0, 0.05) is 19.6 Å². The second kappa shape index (κ2) is 10.1. The highest BCUT2D eigenvalue weighted by molar-refractivity contribution is 5.60. The fraction of sp³-hybridized carbons (Fsp3) is 0.444. The third-order valence-corrected chi connectivity index (χ3v) is 3.32. The first-order valence-corrected chi connectivity index (χ1v) is 7.61. The molecule has 1 aromatic carbocycles. The maximum Gasteiger partial charge on any atom is 0.142 e. The predicted octanol–water partition coefficient (Wildman–Crippen LogP) is 3.76. The van der Waals surface area contributed by atoms with E-state index in [2.05, 4.69) is 48.5 Å². The molecule has 1 N–H and O–H groups in total. The number of ether oxygens (including phenoxy) is 1. The van der Waals surface area contributed by atoms with Gasteiger partial charge >= 0.3 is 0 Å². The molecule has 0 radical (unpaired) electrons. The molecule has 3 heteroatoms. The van der Waals surface area contributed by atoms with Crippen LogP contribution in [-0.2, 0) is 6.54 Å². The Morgan fingerprint density at radius 1 is 1.24 bits per heavy atom. The molecule has 0 aliphatic heterocycles. The first-order chi connectivity index (χ1) is 10.3. The average molecular weight is 288 g/mol. The summed E-state index contributed by atoms with van der Waals surface area (Å²) in [6, 6.07) is 6.37. The van der Waals surface area contributed by atoms with Gasteiger partial charge in [-0.15, -0.1) is 13.2 Å². The molecule has 0 aromatic heterocycles. The van der Waals surface area contributed by atoms with Gasteiger partial charge in [0.1, 0.15) is 5.75 Å². The van der Waals surface area contributed by atoms with E-state index in [9.17, 15) is 0 Å². The maximum absolute atomic E-state index is 5.55.